The van der Waals surface area contributed by atoms with Gasteiger partial charge in [0, 0.05) is 38.5 Å². The maximum absolute atomic E-state index is 6.54. The summed E-state index contributed by atoms with van der Waals surface area (Å²) in [5.41, 5.74) is 11.1. The molecule has 1 aliphatic rings. The summed E-state index contributed by atoms with van der Waals surface area (Å²) < 4.78 is 11.4. The number of para-hydroxylation sites is 3. The molecule has 0 unspecified atom stereocenters. The van der Waals surface area contributed by atoms with Crippen molar-refractivity contribution in [3.63, 3.8) is 0 Å². The molecule has 1 aliphatic carbocycles. The molecule has 34 heavy (non-hydrogen) atoms. The van der Waals surface area contributed by atoms with E-state index in [1.165, 1.54) is 60.8 Å². The Morgan fingerprint density at radius 2 is 1.44 bits per heavy atom. The minimum Gasteiger partial charge on any atom is -0.455 e. The van der Waals surface area contributed by atoms with Crippen LogP contribution in [-0.2, 0) is 12.8 Å². The van der Waals surface area contributed by atoms with E-state index in [1.807, 2.05) is 6.07 Å². The number of fused-ring (bicyclic) bond motifs is 11. The largest absolute Gasteiger partial charge is 0.455 e. The van der Waals surface area contributed by atoms with Crippen LogP contribution in [0.5, 0.6) is 0 Å². The zero-order valence-electron chi connectivity index (χ0n) is 18.3. The number of nitrogens with zero attached hydrogens (tertiary/aromatic N) is 2. The highest BCUT2D eigenvalue weighted by molar-refractivity contribution is 14.1. The van der Waals surface area contributed by atoms with E-state index >= 15 is 0 Å². The zero-order chi connectivity index (χ0) is 22.4. The number of aromatic nitrogens is 2. The highest BCUT2D eigenvalue weighted by atomic mass is 127. The van der Waals surface area contributed by atoms with Gasteiger partial charge in [0.25, 0.3) is 0 Å². The van der Waals surface area contributed by atoms with Crippen LogP contribution < -0.4 is 0 Å². The van der Waals surface area contributed by atoms with Crippen molar-refractivity contribution in [3.05, 3.63) is 102 Å². The third-order valence-electron chi connectivity index (χ3n) is 7.35. The minimum atomic E-state index is 0.951. The SMILES string of the molecule is In1c2c(c3ccccc31)-c1c(c3c4oc5ccccc5c4ccc3n1-c1ccccc1)CC2. The Morgan fingerprint density at radius 1 is 0.676 bits per heavy atom. The van der Waals surface area contributed by atoms with E-state index in [0.717, 1.165) is 24.0 Å². The Balaban J connectivity index is 1.62. The fraction of sp³-hybridized carbons (Fsp3) is 0.0667. The summed E-state index contributed by atoms with van der Waals surface area (Å²) in [5.74, 6) is 0. The first-order valence-corrected chi connectivity index (χ1v) is 12.6. The maximum atomic E-state index is 6.54. The quantitative estimate of drug-likeness (QED) is 0.188. The smallest absolute Gasteiger partial charge is 0.145 e. The average molecular weight is 550 g/mol. The zero-order valence-corrected chi connectivity index (χ0v) is 20.4. The Morgan fingerprint density at radius 3 is 2.32 bits per heavy atom. The number of rotatable bonds is 1. The molecule has 0 spiro atoms. The van der Waals surface area contributed by atoms with Crippen LogP contribution in [0.2, 0.25) is 0 Å². The molecule has 0 fully saturated rings. The summed E-state index contributed by atoms with van der Waals surface area (Å²) in [6.45, 7) is 0. The van der Waals surface area contributed by atoms with E-state index < -0.39 is 0 Å². The number of benzene rings is 4. The summed E-state index contributed by atoms with van der Waals surface area (Å²) >= 11 is 2.47. The molecule has 0 saturated carbocycles. The summed E-state index contributed by atoms with van der Waals surface area (Å²) in [6.07, 6.45) is 2.01. The first kappa shape index (κ1) is 18.9. The summed E-state index contributed by atoms with van der Waals surface area (Å²) in [6, 6.07) is 32.4. The van der Waals surface area contributed by atoms with Crippen molar-refractivity contribution < 1.29 is 4.42 Å². The molecular weight excluding hydrogens is 531 g/mol. The number of furan rings is 1. The van der Waals surface area contributed by atoms with Gasteiger partial charge in [0.2, 0.25) is 0 Å². The van der Waals surface area contributed by atoms with E-state index in [0.29, 0.717) is 0 Å². The summed E-state index contributed by atoms with van der Waals surface area (Å²) in [7, 11) is 0. The molecule has 0 N–H and O–H groups in total. The van der Waals surface area contributed by atoms with Crippen LogP contribution in [0.1, 0.15) is 11.3 Å². The van der Waals surface area contributed by atoms with Crippen molar-refractivity contribution >= 4 is 66.6 Å². The third-order valence-corrected chi connectivity index (χ3v) is 8.45. The number of hydrogen-bond donors (Lipinski definition) is 0. The average Bonchev–Trinajstić information content (AvgIpc) is 3.52. The number of halogens is 1. The molecule has 4 heteroatoms. The van der Waals surface area contributed by atoms with Gasteiger partial charge >= 0.3 is 0 Å². The highest BCUT2D eigenvalue weighted by Crippen LogP contribution is 2.49. The van der Waals surface area contributed by atoms with Crippen molar-refractivity contribution in [2.45, 2.75) is 12.8 Å². The van der Waals surface area contributed by atoms with Gasteiger partial charge in [-0.05, 0) is 54.8 Å². The molecule has 3 nitrogen and oxygen atoms in total. The molecule has 7 aromatic rings. The fourth-order valence-electron chi connectivity index (χ4n) is 5.97. The fourth-order valence-corrected chi connectivity index (χ4v) is 6.87. The monoisotopic (exact) mass is 550 g/mol. The molecule has 4 aromatic carbocycles. The third kappa shape index (κ3) is 2.31. The molecular formula is C30H19IN2O. The van der Waals surface area contributed by atoms with Gasteiger partial charge in [-0.25, -0.2) is 0 Å². The first-order chi connectivity index (χ1) is 16.8. The molecule has 8 rings (SSSR count). The lowest BCUT2D eigenvalue weighted by Gasteiger charge is -2.18. The second-order valence-electron chi connectivity index (χ2n) is 9.05. The van der Waals surface area contributed by atoms with Gasteiger partial charge in [0.05, 0.1) is 39.6 Å². The molecule has 0 saturated heterocycles. The number of hydrogen-bond acceptors (Lipinski definition) is 1. The Kier molecular flexibility index (Phi) is 3.75. The minimum absolute atomic E-state index is 0.951. The topological polar surface area (TPSA) is 23.0 Å². The van der Waals surface area contributed by atoms with Gasteiger partial charge in [0.15, 0.2) is 0 Å². The molecule has 0 bridgehead atoms. The van der Waals surface area contributed by atoms with E-state index in [1.54, 1.807) is 0 Å². The second kappa shape index (κ2) is 6.76. The molecule has 3 heterocycles. The van der Waals surface area contributed by atoms with Crippen LogP contribution in [0.15, 0.2) is 95.4 Å². The Labute approximate surface area is 209 Å². The van der Waals surface area contributed by atoms with Gasteiger partial charge in [-0.1, -0.05) is 54.6 Å². The van der Waals surface area contributed by atoms with Gasteiger partial charge in [-0.15, -0.1) is 0 Å². The van der Waals surface area contributed by atoms with Gasteiger partial charge < -0.3 is 8.98 Å². The van der Waals surface area contributed by atoms with E-state index in [4.69, 9.17) is 4.42 Å². The van der Waals surface area contributed by atoms with Crippen molar-refractivity contribution in [2.24, 2.45) is 0 Å². The summed E-state index contributed by atoms with van der Waals surface area (Å²) in [5, 5.41) is 4.94. The van der Waals surface area contributed by atoms with E-state index in [-0.39, 0.29) is 0 Å². The Hall–Kier alpha value is -3.51. The van der Waals surface area contributed by atoms with Crippen LogP contribution in [0, 0.1) is 0 Å². The van der Waals surface area contributed by atoms with Crippen LogP contribution in [0.25, 0.3) is 60.7 Å². The lowest BCUT2D eigenvalue weighted by atomic mass is 9.91. The van der Waals surface area contributed by atoms with E-state index in [9.17, 15) is 0 Å². The van der Waals surface area contributed by atoms with Crippen molar-refractivity contribution in [1.29, 1.82) is 0 Å². The molecule has 162 valence electrons. The van der Waals surface area contributed by atoms with Gasteiger partial charge in [0.1, 0.15) is 11.2 Å². The lowest BCUT2D eigenvalue weighted by molar-refractivity contribution is 0.672. The second-order valence-corrected chi connectivity index (χ2v) is 10.0. The standard InChI is InChI=1S/C30H19IN2O/c31-33-23-12-6-4-11-21(23)27-25(33)17-15-22-28-24(32(29(22)27)18-8-2-1-3-9-18)16-14-20-19-10-5-7-13-26(19)34-30(20)28/h1-14,16H,15,17H2. The summed E-state index contributed by atoms with van der Waals surface area (Å²) in [4.78, 5) is 0. The normalized spacial score (nSPS) is 13.2. The first-order valence-electron chi connectivity index (χ1n) is 11.6. The lowest BCUT2D eigenvalue weighted by Crippen LogP contribution is -2.07. The molecule has 0 aliphatic heterocycles. The van der Waals surface area contributed by atoms with Crippen molar-refractivity contribution in [3.8, 4) is 16.9 Å². The van der Waals surface area contributed by atoms with Crippen LogP contribution in [-0.4, -0.2) is 7.35 Å². The molecule has 3 aromatic heterocycles. The van der Waals surface area contributed by atoms with E-state index in [2.05, 4.69) is 115 Å². The van der Waals surface area contributed by atoms with Crippen LogP contribution in [0.3, 0.4) is 0 Å². The predicted octanol–water partition coefficient (Wildman–Crippen LogP) is 8.45. The van der Waals surface area contributed by atoms with Gasteiger partial charge in [-0.2, -0.15) is 0 Å². The Bertz CT molecular complexity index is 1920. The predicted molar refractivity (Wildman–Crippen MR) is 148 cm³/mol. The number of aryl methyl sites for hydroxylation is 1. The molecule has 0 radical (unpaired) electrons. The van der Waals surface area contributed by atoms with Crippen LogP contribution >= 0.6 is 22.9 Å². The van der Waals surface area contributed by atoms with Crippen LogP contribution in [0.4, 0.5) is 0 Å². The van der Waals surface area contributed by atoms with Crippen molar-refractivity contribution in [1.82, 2.24) is 7.35 Å². The maximum Gasteiger partial charge on any atom is 0.145 e. The van der Waals surface area contributed by atoms with Gasteiger partial charge in [-0.3, -0.25) is 2.78 Å². The highest BCUT2D eigenvalue weighted by Gasteiger charge is 2.31. The molecule has 0 atom stereocenters. The van der Waals surface area contributed by atoms with Crippen molar-refractivity contribution in [2.75, 3.05) is 0 Å². The molecule has 0 amide bonds.